The Morgan fingerprint density at radius 3 is 2.67 bits per heavy atom. The number of aromatic nitrogens is 2. The number of aromatic amines is 1. The average molecular weight is 328 g/mol. The number of nitrogens with zero attached hydrogens (tertiary/aromatic N) is 3. The lowest BCUT2D eigenvalue weighted by Crippen LogP contribution is -2.48. The number of hydrogen-bond acceptors (Lipinski definition) is 3. The van der Waals surface area contributed by atoms with Gasteiger partial charge in [-0.3, -0.25) is 14.7 Å². The Hall–Kier alpha value is -1.85. The number of carbonyl (C=O) groups excluding carboxylic acids is 2. The van der Waals surface area contributed by atoms with Crippen LogP contribution in [0, 0.1) is 11.8 Å². The summed E-state index contributed by atoms with van der Waals surface area (Å²) < 4.78 is 0. The maximum Gasteiger partial charge on any atom is 0.274 e. The molecule has 0 spiro atoms. The highest BCUT2D eigenvalue weighted by Gasteiger charge is 2.43. The van der Waals surface area contributed by atoms with Crippen LogP contribution in [-0.4, -0.2) is 57.5 Å². The Balaban J connectivity index is 1.34. The predicted molar refractivity (Wildman–Crippen MR) is 87.4 cm³/mol. The van der Waals surface area contributed by atoms with Crippen molar-refractivity contribution < 1.29 is 9.59 Å². The molecule has 5 aliphatic rings. The van der Waals surface area contributed by atoms with E-state index in [0.29, 0.717) is 30.6 Å². The van der Waals surface area contributed by atoms with E-state index in [4.69, 9.17) is 0 Å². The quantitative estimate of drug-likeness (QED) is 0.915. The summed E-state index contributed by atoms with van der Waals surface area (Å²) in [6.07, 6.45) is 6.83. The molecule has 4 heterocycles. The Morgan fingerprint density at radius 1 is 1.12 bits per heavy atom. The maximum absolute atomic E-state index is 12.9. The van der Waals surface area contributed by atoms with Gasteiger partial charge in [-0.15, -0.1) is 0 Å². The largest absolute Gasteiger partial charge is 0.337 e. The van der Waals surface area contributed by atoms with Gasteiger partial charge in [0, 0.05) is 37.3 Å². The van der Waals surface area contributed by atoms with Crippen LogP contribution in [0.1, 0.15) is 60.6 Å². The van der Waals surface area contributed by atoms with Gasteiger partial charge >= 0.3 is 0 Å². The van der Waals surface area contributed by atoms with Gasteiger partial charge in [-0.05, 0) is 50.5 Å². The summed E-state index contributed by atoms with van der Waals surface area (Å²) >= 11 is 0. The molecule has 3 saturated heterocycles. The number of H-pyrrole nitrogens is 1. The first kappa shape index (κ1) is 14.5. The summed E-state index contributed by atoms with van der Waals surface area (Å²) in [6.45, 7) is 2.12. The summed E-state index contributed by atoms with van der Waals surface area (Å²) in [5, 5.41) is 7.25. The van der Waals surface area contributed by atoms with Crippen LogP contribution in [0.25, 0.3) is 0 Å². The molecule has 6 heteroatoms. The molecular formula is C18H24N4O2. The first-order valence-corrected chi connectivity index (χ1v) is 9.34. The van der Waals surface area contributed by atoms with Gasteiger partial charge in [-0.2, -0.15) is 5.10 Å². The number of fused-ring (bicyclic) bond motifs is 4. The predicted octanol–water partition coefficient (Wildman–Crippen LogP) is 1.76. The molecule has 3 aliphatic heterocycles. The van der Waals surface area contributed by atoms with E-state index in [0.717, 1.165) is 25.1 Å². The van der Waals surface area contributed by atoms with Crippen LogP contribution in [0.4, 0.5) is 0 Å². The zero-order chi connectivity index (χ0) is 16.3. The minimum atomic E-state index is -0.0201. The molecular weight excluding hydrogens is 304 g/mol. The van der Waals surface area contributed by atoms with E-state index in [1.165, 1.54) is 25.7 Å². The SMILES string of the molecule is O=C(c1cc(C2CC2)[nH]n1)N1C[C@@H]2CC[C@H](C1)N(CC1CC1)C2=O. The van der Waals surface area contributed by atoms with E-state index in [2.05, 4.69) is 15.1 Å². The molecule has 2 amide bonds. The molecule has 2 bridgehead atoms. The third kappa shape index (κ3) is 2.52. The second-order valence-electron chi connectivity index (χ2n) is 8.06. The fourth-order valence-corrected chi connectivity index (χ4v) is 4.24. The molecule has 1 aromatic heterocycles. The normalized spacial score (nSPS) is 29.9. The molecule has 2 atom stereocenters. The van der Waals surface area contributed by atoms with E-state index in [1.807, 2.05) is 11.0 Å². The van der Waals surface area contributed by atoms with E-state index < -0.39 is 0 Å². The van der Waals surface area contributed by atoms with Crippen molar-refractivity contribution in [1.82, 2.24) is 20.0 Å². The zero-order valence-corrected chi connectivity index (χ0v) is 13.9. The summed E-state index contributed by atoms with van der Waals surface area (Å²) in [5.41, 5.74) is 1.60. The van der Waals surface area contributed by atoms with Crippen molar-refractivity contribution >= 4 is 11.8 Å². The molecule has 24 heavy (non-hydrogen) atoms. The van der Waals surface area contributed by atoms with E-state index >= 15 is 0 Å². The monoisotopic (exact) mass is 328 g/mol. The Labute approximate surface area is 141 Å². The van der Waals surface area contributed by atoms with Crippen molar-refractivity contribution in [3.8, 4) is 0 Å². The van der Waals surface area contributed by atoms with Gasteiger partial charge in [-0.25, -0.2) is 0 Å². The lowest BCUT2D eigenvalue weighted by molar-refractivity contribution is -0.140. The van der Waals surface area contributed by atoms with Gasteiger partial charge < -0.3 is 9.80 Å². The summed E-state index contributed by atoms with van der Waals surface area (Å²) in [6, 6.07) is 2.11. The lowest BCUT2D eigenvalue weighted by Gasteiger charge is -2.36. The van der Waals surface area contributed by atoms with Gasteiger partial charge in [0.15, 0.2) is 0 Å². The number of amides is 2. The highest BCUT2D eigenvalue weighted by atomic mass is 16.2. The van der Waals surface area contributed by atoms with E-state index in [1.54, 1.807) is 0 Å². The van der Waals surface area contributed by atoms with Crippen LogP contribution in [0.15, 0.2) is 6.07 Å². The summed E-state index contributed by atoms with van der Waals surface area (Å²) in [5.74, 6) is 1.50. The fraction of sp³-hybridized carbons (Fsp3) is 0.722. The number of piperidine rings is 1. The maximum atomic E-state index is 12.9. The standard InChI is InChI=1S/C18H24N4O2/c23-17-13-5-6-14(22(17)8-11-1-2-11)10-21(9-13)18(24)16-7-15(19-20-16)12-3-4-12/h7,11-14H,1-6,8-10H2,(H,19,20)/t13-,14+/m0/s1. The second-order valence-corrected chi connectivity index (χ2v) is 8.06. The van der Waals surface area contributed by atoms with E-state index in [-0.39, 0.29) is 23.8 Å². The third-order valence-electron chi connectivity index (χ3n) is 6.07. The number of nitrogens with one attached hydrogen (secondary N) is 1. The number of rotatable bonds is 4. The molecule has 1 aromatic rings. The minimum absolute atomic E-state index is 0.0175. The van der Waals surface area contributed by atoms with Crippen molar-refractivity contribution in [3.05, 3.63) is 17.5 Å². The van der Waals surface area contributed by atoms with E-state index in [9.17, 15) is 9.59 Å². The Bertz CT molecular complexity index is 676. The molecule has 2 saturated carbocycles. The number of carbonyl (C=O) groups is 2. The van der Waals surface area contributed by atoms with Crippen LogP contribution in [0.2, 0.25) is 0 Å². The molecule has 0 unspecified atom stereocenters. The lowest BCUT2D eigenvalue weighted by atomic mass is 9.94. The smallest absolute Gasteiger partial charge is 0.274 e. The van der Waals surface area contributed by atoms with Gasteiger partial charge in [-0.1, -0.05) is 0 Å². The van der Waals surface area contributed by atoms with Crippen LogP contribution >= 0.6 is 0 Å². The first-order valence-electron chi connectivity index (χ1n) is 9.34. The summed E-state index contributed by atoms with van der Waals surface area (Å²) in [4.78, 5) is 29.6. The van der Waals surface area contributed by atoms with Crippen LogP contribution in [0.3, 0.4) is 0 Å². The summed E-state index contributed by atoms with van der Waals surface area (Å²) in [7, 11) is 0. The fourth-order valence-electron chi connectivity index (χ4n) is 4.24. The van der Waals surface area contributed by atoms with Crippen molar-refractivity contribution in [3.63, 3.8) is 0 Å². The molecule has 6 nitrogen and oxygen atoms in total. The molecule has 0 aromatic carbocycles. The zero-order valence-electron chi connectivity index (χ0n) is 13.9. The van der Waals surface area contributed by atoms with Gasteiger partial charge in [0.1, 0.15) is 5.69 Å². The second kappa shape index (κ2) is 5.33. The van der Waals surface area contributed by atoms with Crippen molar-refractivity contribution in [2.45, 2.75) is 50.5 Å². The number of hydrogen-bond donors (Lipinski definition) is 1. The average Bonchev–Trinajstić information content (AvgIpc) is 3.49. The topological polar surface area (TPSA) is 69.3 Å². The highest BCUT2D eigenvalue weighted by molar-refractivity contribution is 5.93. The molecule has 6 rings (SSSR count). The Morgan fingerprint density at radius 2 is 1.92 bits per heavy atom. The highest BCUT2D eigenvalue weighted by Crippen LogP contribution is 2.39. The molecule has 5 fully saturated rings. The van der Waals surface area contributed by atoms with Crippen LogP contribution < -0.4 is 0 Å². The van der Waals surface area contributed by atoms with Crippen molar-refractivity contribution in [2.24, 2.45) is 11.8 Å². The molecule has 1 N–H and O–H groups in total. The van der Waals surface area contributed by atoms with Crippen LogP contribution in [0.5, 0.6) is 0 Å². The minimum Gasteiger partial charge on any atom is -0.337 e. The van der Waals surface area contributed by atoms with Crippen molar-refractivity contribution in [1.29, 1.82) is 0 Å². The van der Waals surface area contributed by atoms with Gasteiger partial charge in [0.25, 0.3) is 5.91 Å². The first-order chi connectivity index (χ1) is 11.7. The Kier molecular flexibility index (Phi) is 3.22. The molecule has 2 aliphatic carbocycles. The third-order valence-corrected chi connectivity index (χ3v) is 6.07. The van der Waals surface area contributed by atoms with Gasteiger partial charge in [0.2, 0.25) is 5.91 Å². The molecule has 0 radical (unpaired) electrons. The molecule has 128 valence electrons. The van der Waals surface area contributed by atoms with Crippen LogP contribution in [-0.2, 0) is 4.79 Å². The van der Waals surface area contributed by atoms with Crippen molar-refractivity contribution in [2.75, 3.05) is 19.6 Å². The van der Waals surface area contributed by atoms with Gasteiger partial charge in [0.05, 0.1) is 5.92 Å².